The third-order valence-electron chi connectivity index (χ3n) is 5.39. The number of carbonyl (C=O) groups excluding carboxylic acids is 2. The van der Waals surface area contributed by atoms with Crippen molar-refractivity contribution < 1.29 is 14.0 Å². The fourth-order valence-electron chi connectivity index (χ4n) is 3.67. The topological polar surface area (TPSA) is 84.5 Å². The van der Waals surface area contributed by atoms with Crippen LogP contribution in [0.1, 0.15) is 28.9 Å². The number of rotatable bonds is 5. The molecule has 8 nitrogen and oxygen atoms in total. The summed E-state index contributed by atoms with van der Waals surface area (Å²) < 4.78 is 7.18. The lowest BCUT2D eigenvalue weighted by Crippen LogP contribution is -2.55. The minimum Gasteiger partial charge on any atom is -0.459 e. The lowest BCUT2D eigenvalue weighted by atomic mass is 10.1. The van der Waals surface area contributed by atoms with Gasteiger partial charge >= 0.3 is 0 Å². The van der Waals surface area contributed by atoms with Gasteiger partial charge in [-0.3, -0.25) is 14.2 Å². The summed E-state index contributed by atoms with van der Waals surface area (Å²) in [5.74, 6) is 1.26. The Bertz CT molecular complexity index is 1060. The molecule has 1 fully saturated rings. The van der Waals surface area contributed by atoms with Gasteiger partial charge in [-0.2, -0.15) is 0 Å². The van der Waals surface area contributed by atoms with E-state index in [9.17, 15) is 9.59 Å². The van der Waals surface area contributed by atoms with E-state index in [1.807, 2.05) is 54.5 Å². The zero-order chi connectivity index (χ0) is 22.0. The van der Waals surface area contributed by atoms with Gasteiger partial charge in [0, 0.05) is 31.4 Å². The minimum atomic E-state index is -0.138. The van der Waals surface area contributed by atoms with E-state index >= 15 is 0 Å². The predicted octanol–water partition coefficient (Wildman–Crippen LogP) is 2.94. The Morgan fingerprint density at radius 3 is 2.58 bits per heavy atom. The Labute approximate surface area is 185 Å². The maximum absolute atomic E-state index is 12.8. The smallest absolute Gasteiger partial charge is 0.289 e. The average molecular weight is 440 g/mol. The molecule has 1 aliphatic rings. The maximum Gasteiger partial charge on any atom is 0.289 e. The van der Waals surface area contributed by atoms with E-state index in [1.165, 1.54) is 23.6 Å². The second kappa shape index (κ2) is 8.97. The van der Waals surface area contributed by atoms with Gasteiger partial charge in [0.25, 0.3) is 5.91 Å². The Hall–Kier alpha value is -3.07. The number of aryl methyl sites for hydroxylation is 2. The average Bonchev–Trinajstić information content (AvgIpc) is 3.42. The summed E-state index contributed by atoms with van der Waals surface area (Å²) in [6, 6.07) is 11.4. The highest BCUT2D eigenvalue weighted by atomic mass is 32.2. The van der Waals surface area contributed by atoms with Crippen molar-refractivity contribution >= 4 is 23.6 Å². The van der Waals surface area contributed by atoms with Crippen LogP contribution in [0.25, 0.3) is 5.69 Å². The largest absolute Gasteiger partial charge is 0.459 e. The van der Waals surface area contributed by atoms with Crippen LogP contribution in [0.4, 0.5) is 0 Å². The number of hydrogen-bond donors (Lipinski definition) is 0. The number of thioether (sulfide) groups is 1. The molecule has 1 saturated heterocycles. The van der Waals surface area contributed by atoms with Gasteiger partial charge in [0.05, 0.1) is 12.0 Å². The van der Waals surface area contributed by atoms with Crippen molar-refractivity contribution in [2.45, 2.75) is 32.0 Å². The van der Waals surface area contributed by atoms with Crippen molar-refractivity contribution in [3.8, 4) is 5.69 Å². The minimum absolute atomic E-state index is 0.0260. The molecule has 162 valence electrons. The Morgan fingerprint density at radius 2 is 1.90 bits per heavy atom. The van der Waals surface area contributed by atoms with Crippen LogP contribution in [0.2, 0.25) is 0 Å². The molecule has 0 N–H and O–H groups in total. The number of nitrogens with zero attached hydrogens (tertiary/aromatic N) is 5. The van der Waals surface area contributed by atoms with E-state index in [0.29, 0.717) is 30.6 Å². The van der Waals surface area contributed by atoms with Gasteiger partial charge in [-0.05, 0) is 45.0 Å². The van der Waals surface area contributed by atoms with Crippen molar-refractivity contribution in [3.63, 3.8) is 0 Å². The van der Waals surface area contributed by atoms with Crippen LogP contribution in [0.3, 0.4) is 0 Å². The van der Waals surface area contributed by atoms with Crippen molar-refractivity contribution in [1.82, 2.24) is 24.6 Å². The quantitative estimate of drug-likeness (QED) is 0.569. The summed E-state index contributed by atoms with van der Waals surface area (Å²) in [6.45, 7) is 7.37. The molecular formula is C22H25N5O3S. The molecule has 2 aromatic heterocycles. The summed E-state index contributed by atoms with van der Waals surface area (Å²) in [5.41, 5.74) is 2.15. The van der Waals surface area contributed by atoms with E-state index < -0.39 is 0 Å². The number of amides is 2. The van der Waals surface area contributed by atoms with Gasteiger partial charge in [-0.25, -0.2) is 0 Å². The molecule has 0 spiro atoms. The van der Waals surface area contributed by atoms with Gasteiger partial charge in [0.2, 0.25) is 5.91 Å². The van der Waals surface area contributed by atoms with Crippen molar-refractivity contribution in [2.24, 2.45) is 0 Å². The van der Waals surface area contributed by atoms with Gasteiger partial charge in [0.1, 0.15) is 5.82 Å². The lowest BCUT2D eigenvalue weighted by molar-refractivity contribution is -0.130. The molecule has 1 unspecified atom stereocenters. The van der Waals surface area contributed by atoms with Crippen molar-refractivity contribution in [1.29, 1.82) is 0 Å². The summed E-state index contributed by atoms with van der Waals surface area (Å²) >= 11 is 1.38. The van der Waals surface area contributed by atoms with Crippen LogP contribution in [0.5, 0.6) is 0 Å². The molecule has 3 aromatic rings. The molecule has 0 bridgehead atoms. The molecule has 9 heteroatoms. The molecular weight excluding hydrogens is 414 g/mol. The Kier molecular flexibility index (Phi) is 6.13. The van der Waals surface area contributed by atoms with Crippen LogP contribution < -0.4 is 0 Å². The summed E-state index contributed by atoms with van der Waals surface area (Å²) in [7, 11) is 0. The number of furan rings is 1. The first-order chi connectivity index (χ1) is 14.9. The SMILES string of the molecule is Cc1ccc(-n2c(C)nnc2SCC(=O)N2CCN(C(=O)c3ccco3)C(C)C2)cc1. The number of aromatic nitrogens is 3. The fraction of sp³-hybridized carbons (Fsp3) is 0.364. The van der Waals surface area contributed by atoms with Crippen LogP contribution in [-0.2, 0) is 4.79 Å². The molecule has 4 rings (SSSR count). The highest BCUT2D eigenvalue weighted by molar-refractivity contribution is 7.99. The Morgan fingerprint density at radius 1 is 1.13 bits per heavy atom. The zero-order valence-electron chi connectivity index (χ0n) is 17.8. The molecule has 3 heterocycles. The van der Waals surface area contributed by atoms with E-state index in [2.05, 4.69) is 10.2 Å². The molecule has 0 saturated carbocycles. The highest BCUT2D eigenvalue weighted by Crippen LogP contribution is 2.23. The second-order valence-electron chi connectivity index (χ2n) is 7.65. The monoisotopic (exact) mass is 439 g/mol. The summed E-state index contributed by atoms with van der Waals surface area (Å²) in [6.07, 6.45) is 1.49. The van der Waals surface area contributed by atoms with Crippen LogP contribution >= 0.6 is 11.8 Å². The third-order valence-corrected chi connectivity index (χ3v) is 6.30. The Balaban J connectivity index is 1.37. The molecule has 0 radical (unpaired) electrons. The molecule has 2 amide bonds. The van der Waals surface area contributed by atoms with Gasteiger partial charge in [-0.15, -0.1) is 10.2 Å². The second-order valence-corrected chi connectivity index (χ2v) is 8.60. The predicted molar refractivity (Wildman–Crippen MR) is 117 cm³/mol. The summed E-state index contributed by atoms with van der Waals surface area (Å²) in [5, 5.41) is 9.13. The standard InChI is InChI=1S/C22H25N5O3S/c1-15-6-8-18(9-7-15)27-17(3)23-24-22(27)31-14-20(28)25-10-11-26(16(2)13-25)21(29)19-5-4-12-30-19/h4-9,12,16H,10-11,13-14H2,1-3H3. The van der Waals surface area contributed by atoms with Crippen LogP contribution in [-0.4, -0.2) is 67.8 Å². The zero-order valence-corrected chi connectivity index (χ0v) is 18.6. The number of carbonyl (C=O) groups is 2. The van der Waals surface area contributed by atoms with Crippen molar-refractivity contribution in [3.05, 3.63) is 59.8 Å². The first-order valence-electron chi connectivity index (χ1n) is 10.2. The van der Waals surface area contributed by atoms with E-state index in [0.717, 1.165) is 11.5 Å². The normalized spacial score (nSPS) is 16.5. The first-order valence-corrected chi connectivity index (χ1v) is 11.2. The van der Waals surface area contributed by atoms with Gasteiger partial charge in [0.15, 0.2) is 10.9 Å². The molecule has 1 atom stereocenters. The third kappa shape index (κ3) is 4.51. The van der Waals surface area contributed by atoms with Crippen LogP contribution in [0, 0.1) is 13.8 Å². The highest BCUT2D eigenvalue weighted by Gasteiger charge is 2.31. The van der Waals surface area contributed by atoms with Gasteiger partial charge in [-0.1, -0.05) is 29.5 Å². The molecule has 1 aliphatic heterocycles. The number of piperazine rings is 1. The summed E-state index contributed by atoms with van der Waals surface area (Å²) in [4.78, 5) is 29.0. The first kappa shape index (κ1) is 21.2. The lowest BCUT2D eigenvalue weighted by Gasteiger charge is -2.39. The number of hydrogen-bond acceptors (Lipinski definition) is 6. The fourth-order valence-corrected chi connectivity index (χ4v) is 4.57. The maximum atomic E-state index is 12.8. The van der Waals surface area contributed by atoms with Crippen molar-refractivity contribution in [2.75, 3.05) is 25.4 Å². The molecule has 0 aliphatic carbocycles. The van der Waals surface area contributed by atoms with Gasteiger partial charge < -0.3 is 14.2 Å². The molecule has 1 aromatic carbocycles. The van der Waals surface area contributed by atoms with Crippen LogP contribution in [0.15, 0.2) is 52.2 Å². The number of benzene rings is 1. The van der Waals surface area contributed by atoms with E-state index in [4.69, 9.17) is 4.42 Å². The molecule has 31 heavy (non-hydrogen) atoms. The van der Waals surface area contributed by atoms with E-state index in [-0.39, 0.29) is 23.6 Å². The van der Waals surface area contributed by atoms with E-state index in [1.54, 1.807) is 17.0 Å².